The second kappa shape index (κ2) is 8.64. The molecule has 0 radical (unpaired) electrons. The number of para-hydroxylation sites is 1. The molecule has 0 aromatic heterocycles. The number of hydrogen-bond acceptors (Lipinski definition) is 4. The number of rotatable bonds is 8. The highest BCUT2D eigenvalue weighted by molar-refractivity contribution is 5.49. The molecule has 25 heavy (non-hydrogen) atoms. The van der Waals surface area contributed by atoms with Crippen molar-refractivity contribution in [3.8, 4) is 17.2 Å². The SMILES string of the molecule is COc1ccc(NCCNc2ccc(Oc3ccccc3)cc2)cc1. The van der Waals surface area contributed by atoms with Gasteiger partial charge in [0.2, 0.25) is 0 Å². The Labute approximate surface area is 148 Å². The first-order valence-corrected chi connectivity index (χ1v) is 8.28. The number of anilines is 2. The molecule has 0 aliphatic heterocycles. The summed E-state index contributed by atoms with van der Waals surface area (Å²) in [6.45, 7) is 1.65. The van der Waals surface area contributed by atoms with Gasteiger partial charge < -0.3 is 20.1 Å². The Hall–Kier alpha value is -3.14. The highest BCUT2D eigenvalue weighted by Crippen LogP contribution is 2.22. The monoisotopic (exact) mass is 334 g/mol. The maximum atomic E-state index is 5.79. The van der Waals surface area contributed by atoms with Gasteiger partial charge in [-0.05, 0) is 60.7 Å². The molecular formula is C21H22N2O2. The minimum absolute atomic E-state index is 0.824. The van der Waals surface area contributed by atoms with Crippen LogP contribution in [0.4, 0.5) is 11.4 Å². The predicted octanol–water partition coefficient (Wildman–Crippen LogP) is 5.01. The Bertz CT molecular complexity index is 756. The molecule has 0 aliphatic rings. The molecule has 3 aromatic rings. The molecule has 4 nitrogen and oxygen atoms in total. The van der Waals surface area contributed by atoms with Crippen LogP contribution in [-0.2, 0) is 0 Å². The Kier molecular flexibility index (Phi) is 5.77. The third-order valence-electron chi connectivity index (χ3n) is 3.71. The van der Waals surface area contributed by atoms with Crippen LogP contribution in [0.5, 0.6) is 17.2 Å². The van der Waals surface area contributed by atoms with Gasteiger partial charge in [0.1, 0.15) is 17.2 Å². The van der Waals surface area contributed by atoms with E-state index < -0.39 is 0 Å². The van der Waals surface area contributed by atoms with Crippen molar-refractivity contribution in [2.75, 3.05) is 30.8 Å². The molecule has 0 aliphatic carbocycles. The normalized spacial score (nSPS) is 10.1. The minimum Gasteiger partial charge on any atom is -0.497 e. The fraction of sp³-hybridized carbons (Fsp3) is 0.143. The van der Waals surface area contributed by atoms with Gasteiger partial charge in [-0.25, -0.2) is 0 Å². The third kappa shape index (κ3) is 5.18. The largest absolute Gasteiger partial charge is 0.497 e. The van der Waals surface area contributed by atoms with Crippen molar-refractivity contribution >= 4 is 11.4 Å². The van der Waals surface area contributed by atoms with E-state index in [1.165, 1.54) is 0 Å². The Balaban J connectivity index is 1.42. The van der Waals surface area contributed by atoms with Gasteiger partial charge in [0.15, 0.2) is 0 Å². The number of hydrogen-bond donors (Lipinski definition) is 2. The van der Waals surface area contributed by atoms with Gasteiger partial charge in [0.25, 0.3) is 0 Å². The summed E-state index contributed by atoms with van der Waals surface area (Å²) in [5.41, 5.74) is 2.14. The molecule has 0 heterocycles. The van der Waals surface area contributed by atoms with Crippen molar-refractivity contribution in [3.63, 3.8) is 0 Å². The van der Waals surface area contributed by atoms with Gasteiger partial charge in [-0.2, -0.15) is 0 Å². The van der Waals surface area contributed by atoms with Crippen molar-refractivity contribution in [1.82, 2.24) is 0 Å². The lowest BCUT2D eigenvalue weighted by molar-refractivity contribution is 0.415. The molecule has 0 saturated carbocycles. The standard InChI is InChI=1S/C21H22N2O2/c1-24-19-11-7-17(8-12-19)22-15-16-23-18-9-13-21(14-10-18)25-20-5-3-2-4-6-20/h2-14,22-23H,15-16H2,1H3. The smallest absolute Gasteiger partial charge is 0.127 e. The zero-order chi connectivity index (χ0) is 17.3. The van der Waals surface area contributed by atoms with E-state index >= 15 is 0 Å². The van der Waals surface area contributed by atoms with Crippen LogP contribution in [0.3, 0.4) is 0 Å². The first-order valence-electron chi connectivity index (χ1n) is 8.28. The van der Waals surface area contributed by atoms with Crippen LogP contribution in [0.25, 0.3) is 0 Å². The van der Waals surface area contributed by atoms with E-state index in [4.69, 9.17) is 9.47 Å². The average Bonchev–Trinajstić information content (AvgIpc) is 2.68. The van der Waals surface area contributed by atoms with E-state index in [1.807, 2.05) is 78.9 Å². The minimum atomic E-state index is 0.824. The Morgan fingerprint density at radius 1 is 0.600 bits per heavy atom. The molecule has 3 rings (SSSR count). The first kappa shape index (κ1) is 16.7. The summed E-state index contributed by atoms with van der Waals surface area (Å²) in [5.74, 6) is 2.53. The van der Waals surface area contributed by atoms with E-state index in [0.29, 0.717) is 0 Å². The van der Waals surface area contributed by atoms with Crippen molar-refractivity contribution in [1.29, 1.82) is 0 Å². The molecule has 0 atom stereocenters. The maximum Gasteiger partial charge on any atom is 0.127 e. The molecule has 0 bridgehead atoms. The lowest BCUT2D eigenvalue weighted by atomic mass is 10.3. The second-order valence-electron chi connectivity index (χ2n) is 5.52. The van der Waals surface area contributed by atoms with Crippen LogP contribution in [0.15, 0.2) is 78.9 Å². The van der Waals surface area contributed by atoms with E-state index in [2.05, 4.69) is 10.6 Å². The van der Waals surface area contributed by atoms with E-state index in [1.54, 1.807) is 7.11 Å². The Morgan fingerprint density at radius 3 is 1.60 bits per heavy atom. The average molecular weight is 334 g/mol. The van der Waals surface area contributed by atoms with Crippen LogP contribution in [0.1, 0.15) is 0 Å². The zero-order valence-electron chi connectivity index (χ0n) is 14.2. The van der Waals surface area contributed by atoms with E-state index in [9.17, 15) is 0 Å². The molecule has 0 spiro atoms. The lowest BCUT2D eigenvalue weighted by Crippen LogP contribution is -2.13. The van der Waals surface area contributed by atoms with E-state index in [-0.39, 0.29) is 0 Å². The van der Waals surface area contributed by atoms with Gasteiger partial charge in [-0.15, -0.1) is 0 Å². The molecule has 4 heteroatoms. The summed E-state index contributed by atoms with van der Waals surface area (Å²) in [6, 6.07) is 25.7. The van der Waals surface area contributed by atoms with Gasteiger partial charge in [-0.3, -0.25) is 0 Å². The maximum absolute atomic E-state index is 5.79. The molecule has 0 saturated heterocycles. The predicted molar refractivity (Wildman–Crippen MR) is 103 cm³/mol. The number of methoxy groups -OCH3 is 1. The number of nitrogens with one attached hydrogen (secondary N) is 2. The first-order chi connectivity index (χ1) is 12.3. The summed E-state index contributed by atoms with van der Waals surface area (Å²) in [6.07, 6.45) is 0. The lowest BCUT2D eigenvalue weighted by Gasteiger charge is -2.10. The summed E-state index contributed by atoms with van der Waals surface area (Å²) in [4.78, 5) is 0. The number of benzene rings is 3. The van der Waals surface area contributed by atoms with Gasteiger partial charge in [0, 0.05) is 24.5 Å². The van der Waals surface area contributed by atoms with Gasteiger partial charge >= 0.3 is 0 Å². The Morgan fingerprint density at radius 2 is 1.08 bits per heavy atom. The second-order valence-corrected chi connectivity index (χ2v) is 5.52. The van der Waals surface area contributed by atoms with Crippen molar-refractivity contribution in [2.45, 2.75) is 0 Å². The summed E-state index contributed by atoms with van der Waals surface area (Å²) >= 11 is 0. The highest BCUT2D eigenvalue weighted by atomic mass is 16.5. The molecule has 3 aromatic carbocycles. The van der Waals surface area contributed by atoms with Crippen molar-refractivity contribution in [3.05, 3.63) is 78.9 Å². The quantitative estimate of drug-likeness (QED) is 0.568. The highest BCUT2D eigenvalue weighted by Gasteiger charge is 1.98. The summed E-state index contributed by atoms with van der Waals surface area (Å²) in [7, 11) is 1.67. The van der Waals surface area contributed by atoms with Gasteiger partial charge in [-0.1, -0.05) is 18.2 Å². The van der Waals surface area contributed by atoms with Crippen molar-refractivity contribution in [2.24, 2.45) is 0 Å². The van der Waals surface area contributed by atoms with E-state index in [0.717, 1.165) is 41.7 Å². The fourth-order valence-electron chi connectivity index (χ4n) is 2.39. The molecule has 2 N–H and O–H groups in total. The molecular weight excluding hydrogens is 312 g/mol. The molecule has 0 fully saturated rings. The fourth-order valence-corrected chi connectivity index (χ4v) is 2.39. The van der Waals surface area contributed by atoms with Crippen LogP contribution in [0, 0.1) is 0 Å². The topological polar surface area (TPSA) is 42.5 Å². The summed E-state index contributed by atoms with van der Waals surface area (Å²) < 4.78 is 10.9. The zero-order valence-corrected chi connectivity index (χ0v) is 14.2. The third-order valence-corrected chi connectivity index (χ3v) is 3.71. The van der Waals surface area contributed by atoms with Crippen molar-refractivity contribution < 1.29 is 9.47 Å². The number of ether oxygens (including phenoxy) is 2. The van der Waals surface area contributed by atoms with Crippen LogP contribution in [0.2, 0.25) is 0 Å². The molecule has 0 amide bonds. The van der Waals surface area contributed by atoms with Crippen LogP contribution >= 0.6 is 0 Å². The van der Waals surface area contributed by atoms with Gasteiger partial charge in [0.05, 0.1) is 7.11 Å². The molecule has 128 valence electrons. The van der Waals surface area contributed by atoms with Crippen LogP contribution in [-0.4, -0.2) is 20.2 Å². The van der Waals surface area contributed by atoms with Crippen LogP contribution < -0.4 is 20.1 Å². The summed E-state index contributed by atoms with van der Waals surface area (Å²) in [5, 5.41) is 6.75. The molecule has 0 unspecified atom stereocenters.